The average Bonchev–Trinajstić information content (AvgIpc) is 3.08. The molecule has 0 aliphatic heterocycles. The summed E-state index contributed by atoms with van der Waals surface area (Å²) in [7, 11) is 0. The molecule has 0 unspecified atom stereocenters. The molecule has 0 spiro atoms. The summed E-state index contributed by atoms with van der Waals surface area (Å²) in [6.07, 6.45) is 2.22. The minimum absolute atomic E-state index is 0.0912. The van der Waals surface area contributed by atoms with E-state index in [0.717, 1.165) is 5.69 Å². The highest BCUT2D eigenvalue weighted by Gasteiger charge is 2.16. The molecular formula is C20H19FN6O. The number of imidazole rings is 1. The lowest BCUT2D eigenvalue weighted by Gasteiger charge is -2.11. The van der Waals surface area contributed by atoms with Gasteiger partial charge in [-0.05, 0) is 30.7 Å². The predicted octanol–water partition coefficient (Wildman–Crippen LogP) is 3.49. The van der Waals surface area contributed by atoms with E-state index in [1.807, 2.05) is 34.9 Å². The zero-order valence-electron chi connectivity index (χ0n) is 15.0. The highest BCUT2D eigenvalue weighted by atomic mass is 19.1. The Morgan fingerprint density at radius 1 is 1.00 bits per heavy atom. The van der Waals surface area contributed by atoms with Crippen molar-refractivity contribution in [2.75, 3.05) is 23.8 Å². The second kappa shape index (κ2) is 8.01. The van der Waals surface area contributed by atoms with Crippen molar-refractivity contribution in [2.24, 2.45) is 0 Å². The first-order valence-corrected chi connectivity index (χ1v) is 8.93. The van der Waals surface area contributed by atoms with Crippen molar-refractivity contribution >= 4 is 28.7 Å². The third kappa shape index (κ3) is 3.63. The fraction of sp³-hybridized carbons (Fsp3) is 0.150. The number of aromatic nitrogens is 4. The Kier molecular flexibility index (Phi) is 5.11. The number of nitrogens with one attached hydrogen (secondary N) is 2. The van der Waals surface area contributed by atoms with Crippen LogP contribution in [-0.2, 0) is 0 Å². The van der Waals surface area contributed by atoms with Gasteiger partial charge in [0.05, 0.1) is 17.6 Å². The number of anilines is 3. The summed E-state index contributed by atoms with van der Waals surface area (Å²) in [5, 5.41) is 15.1. The van der Waals surface area contributed by atoms with Gasteiger partial charge in [-0.2, -0.15) is 4.98 Å². The molecule has 0 aliphatic rings. The summed E-state index contributed by atoms with van der Waals surface area (Å²) in [6.45, 7) is 0.649. The number of rotatable bonds is 7. The Labute approximate surface area is 160 Å². The Bertz CT molecular complexity index is 1080. The largest absolute Gasteiger partial charge is 0.396 e. The topological polar surface area (TPSA) is 87.9 Å². The molecule has 0 fully saturated rings. The van der Waals surface area contributed by atoms with E-state index in [1.54, 1.807) is 24.4 Å². The lowest BCUT2D eigenvalue weighted by Crippen LogP contribution is -2.08. The minimum Gasteiger partial charge on any atom is -0.396 e. The molecule has 0 atom stereocenters. The van der Waals surface area contributed by atoms with E-state index in [2.05, 4.69) is 25.6 Å². The summed E-state index contributed by atoms with van der Waals surface area (Å²) in [5.41, 5.74) is 2.33. The molecule has 7 nitrogen and oxygen atoms in total. The number of fused-ring (bicyclic) bond motifs is 1. The third-order valence-corrected chi connectivity index (χ3v) is 4.15. The molecule has 2 aromatic heterocycles. The van der Waals surface area contributed by atoms with Crippen LogP contribution in [0.2, 0.25) is 0 Å². The Morgan fingerprint density at radius 3 is 2.57 bits per heavy atom. The van der Waals surface area contributed by atoms with Gasteiger partial charge in [0.15, 0.2) is 5.65 Å². The SMILES string of the molecule is OCCCNc1ncc2nc(Nc3ccccc3F)n(-c3ccccc3)c2n1. The number of nitrogens with zero attached hydrogens (tertiary/aromatic N) is 4. The van der Waals surface area contributed by atoms with Crippen LogP contribution >= 0.6 is 0 Å². The molecule has 2 heterocycles. The van der Waals surface area contributed by atoms with Gasteiger partial charge < -0.3 is 15.7 Å². The summed E-state index contributed by atoms with van der Waals surface area (Å²) < 4.78 is 16.0. The van der Waals surface area contributed by atoms with Crippen LogP contribution in [-0.4, -0.2) is 37.8 Å². The van der Waals surface area contributed by atoms with Gasteiger partial charge in [-0.15, -0.1) is 0 Å². The minimum atomic E-state index is -0.369. The Hall–Kier alpha value is -3.52. The summed E-state index contributed by atoms with van der Waals surface area (Å²) in [5.74, 6) is 0.509. The maximum atomic E-state index is 14.1. The number of hydrogen-bond donors (Lipinski definition) is 3. The number of hydrogen-bond acceptors (Lipinski definition) is 6. The van der Waals surface area contributed by atoms with E-state index in [4.69, 9.17) is 5.11 Å². The highest BCUT2D eigenvalue weighted by Crippen LogP contribution is 2.27. The number of halogens is 1. The van der Waals surface area contributed by atoms with Gasteiger partial charge in [0.2, 0.25) is 11.9 Å². The molecule has 142 valence electrons. The van der Waals surface area contributed by atoms with Gasteiger partial charge in [0.25, 0.3) is 0 Å². The van der Waals surface area contributed by atoms with Crippen LogP contribution in [0.25, 0.3) is 16.9 Å². The monoisotopic (exact) mass is 378 g/mol. The van der Waals surface area contributed by atoms with Crippen LogP contribution in [0, 0.1) is 5.82 Å². The molecule has 8 heteroatoms. The quantitative estimate of drug-likeness (QED) is 0.427. The number of para-hydroxylation sites is 2. The molecule has 0 saturated heterocycles. The molecule has 2 aromatic carbocycles. The Balaban J connectivity index is 1.81. The van der Waals surface area contributed by atoms with Crippen molar-refractivity contribution < 1.29 is 9.50 Å². The maximum Gasteiger partial charge on any atom is 0.224 e. The standard InChI is InChI=1S/C20H19FN6O/c21-15-9-4-5-10-16(15)24-20-25-17-13-23-19(22-11-6-12-28)26-18(17)27(20)14-7-2-1-3-8-14/h1-5,7-10,13,28H,6,11-12H2,(H,24,25)(H,22,23,26). The Morgan fingerprint density at radius 2 is 1.79 bits per heavy atom. The third-order valence-electron chi connectivity index (χ3n) is 4.15. The van der Waals surface area contributed by atoms with Crippen LogP contribution in [0.4, 0.5) is 22.0 Å². The predicted molar refractivity (Wildman–Crippen MR) is 107 cm³/mol. The summed E-state index contributed by atoms with van der Waals surface area (Å²) >= 11 is 0. The first-order chi connectivity index (χ1) is 13.8. The first kappa shape index (κ1) is 17.9. The van der Waals surface area contributed by atoms with E-state index in [1.165, 1.54) is 6.07 Å². The smallest absolute Gasteiger partial charge is 0.224 e. The first-order valence-electron chi connectivity index (χ1n) is 8.93. The molecule has 0 aliphatic carbocycles. The molecule has 28 heavy (non-hydrogen) atoms. The van der Waals surface area contributed by atoms with Crippen molar-refractivity contribution in [2.45, 2.75) is 6.42 Å². The molecular weight excluding hydrogens is 359 g/mol. The summed E-state index contributed by atoms with van der Waals surface area (Å²) in [6, 6.07) is 16.0. The number of benzene rings is 2. The summed E-state index contributed by atoms with van der Waals surface area (Å²) in [4.78, 5) is 13.4. The van der Waals surface area contributed by atoms with Crippen molar-refractivity contribution in [3.8, 4) is 5.69 Å². The maximum absolute atomic E-state index is 14.1. The molecule has 0 saturated carbocycles. The van der Waals surface area contributed by atoms with Gasteiger partial charge in [-0.1, -0.05) is 30.3 Å². The second-order valence-electron chi connectivity index (χ2n) is 6.12. The van der Waals surface area contributed by atoms with Crippen LogP contribution in [0.5, 0.6) is 0 Å². The highest BCUT2D eigenvalue weighted by molar-refractivity contribution is 5.79. The second-order valence-corrected chi connectivity index (χ2v) is 6.12. The van der Waals surface area contributed by atoms with Crippen molar-refractivity contribution in [1.29, 1.82) is 0 Å². The average molecular weight is 378 g/mol. The molecule has 3 N–H and O–H groups in total. The molecule has 0 amide bonds. The van der Waals surface area contributed by atoms with Crippen molar-refractivity contribution in [3.63, 3.8) is 0 Å². The van der Waals surface area contributed by atoms with Crippen molar-refractivity contribution in [3.05, 3.63) is 66.6 Å². The van der Waals surface area contributed by atoms with Gasteiger partial charge in [-0.25, -0.2) is 14.4 Å². The van der Waals surface area contributed by atoms with Crippen LogP contribution in [0.1, 0.15) is 6.42 Å². The van der Waals surface area contributed by atoms with Gasteiger partial charge in [-0.3, -0.25) is 4.57 Å². The molecule has 0 radical (unpaired) electrons. The van der Waals surface area contributed by atoms with E-state index in [9.17, 15) is 4.39 Å². The zero-order valence-corrected chi connectivity index (χ0v) is 15.0. The van der Waals surface area contributed by atoms with Gasteiger partial charge in [0.1, 0.15) is 11.3 Å². The lowest BCUT2D eigenvalue weighted by molar-refractivity contribution is 0.292. The fourth-order valence-corrected chi connectivity index (χ4v) is 2.83. The van der Waals surface area contributed by atoms with E-state index in [0.29, 0.717) is 41.7 Å². The zero-order chi connectivity index (χ0) is 19.3. The van der Waals surface area contributed by atoms with Crippen molar-refractivity contribution in [1.82, 2.24) is 19.5 Å². The number of aliphatic hydroxyl groups excluding tert-OH is 1. The van der Waals surface area contributed by atoms with Crippen LogP contribution in [0.3, 0.4) is 0 Å². The lowest BCUT2D eigenvalue weighted by atomic mass is 10.3. The van der Waals surface area contributed by atoms with Crippen LogP contribution < -0.4 is 10.6 Å². The normalized spacial score (nSPS) is 10.9. The molecule has 0 bridgehead atoms. The molecule has 4 rings (SSSR count). The van der Waals surface area contributed by atoms with Gasteiger partial charge in [0, 0.05) is 13.2 Å². The van der Waals surface area contributed by atoms with Crippen LogP contribution in [0.15, 0.2) is 60.8 Å². The van der Waals surface area contributed by atoms with E-state index in [-0.39, 0.29) is 12.4 Å². The number of aliphatic hydroxyl groups is 1. The fourth-order valence-electron chi connectivity index (χ4n) is 2.83. The van der Waals surface area contributed by atoms with E-state index >= 15 is 0 Å². The van der Waals surface area contributed by atoms with Gasteiger partial charge >= 0.3 is 0 Å². The molecule has 4 aromatic rings. The van der Waals surface area contributed by atoms with E-state index < -0.39 is 0 Å².